The van der Waals surface area contributed by atoms with E-state index in [1.165, 1.54) is 32.9 Å². The van der Waals surface area contributed by atoms with Crippen LogP contribution in [-0.4, -0.2) is 45.6 Å². The molecule has 3 heterocycles. The van der Waals surface area contributed by atoms with Crippen molar-refractivity contribution in [2.45, 2.75) is 53.1 Å². The monoisotopic (exact) mass is 473 g/mol. The van der Waals surface area contributed by atoms with E-state index >= 15 is 0 Å². The minimum Gasteiger partial charge on any atom is -0.368 e. The van der Waals surface area contributed by atoms with Gasteiger partial charge in [-0.1, -0.05) is 51.1 Å². The van der Waals surface area contributed by atoms with Crippen molar-refractivity contribution in [1.82, 2.24) is 19.4 Å². The first-order valence-electron chi connectivity index (χ1n) is 12.3. The van der Waals surface area contributed by atoms with Crippen LogP contribution in [0.15, 0.2) is 48.8 Å². The molecule has 34 heavy (non-hydrogen) atoms. The number of benzene rings is 2. The molecule has 2 aromatic carbocycles. The molecular formula is C28H35N5S. The van der Waals surface area contributed by atoms with E-state index in [1.54, 1.807) is 0 Å². The van der Waals surface area contributed by atoms with Gasteiger partial charge in [0.1, 0.15) is 5.01 Å². The van der Waals surface area contributed by atoms with Gasteiger partial charge in [0.25, 0.3) is 0 Å². The fraction of sp³-hybridized carbons (Fsp3) is 0.429. The first kappa shape index (κ1) is 23.1. The number of piperazine rings is 1. The summed E-state index contributed by atoms with van der Waals surface area (Å²) in [6.45, 7) is 17.2. The molecule has 0 N–H and O–H groups in total. The van der Waals surface area contributed by atoms with Crippen LogP contribution in [0.5, 0.6) is 0 Å². The fourth-order valence-corrected chi connectivity index (χ4v) is 5.85. The first-order chi connectivity index (χ1) is 16.3. The highest BCUT2D eigenvalue weighted by atomic mass is 32.1. The maximum absolute atomic E-state index is 4.99. The van der Waals surface area contributed by atoms with Crippen LogP contribution in [0.3, 0.4) is 0 Å². The van der Waals surface area contributed by atoms with Crippen LogP contribution in [0.25, 0.3) is 20.8 Å². The van der Waals surface area contributed by atoms with Crippen molar-refractivity contribution in [3.8, 4) is 10.6 Å². The molecule has 1 saturated heterocycles. The molecule has 5 nitrogen and oxygen atoms in total. The second-order valence-electron chi connectivity index (χ2n) is 10.3. The van der Waals surface area contributed by atoms with Gasteiger partial charge in [-0.2, -0.15) is 0 Å². The van der Waals surface area contributed by atoms with Crippen LogP contribution >= 0.6 is 11.3 Å². The van der Waals surface area contributed by atoms with E-state index in [2.05, 4.69) is 96.4 Å². The van der Waals surface area contributed by atoms with Gasteiger partial charge in [0, 0.05) is 50.5 Å². The Labute approximate surface area is 207 Å². The SMILES string of the molecule is CCn1cnc(CN2CCN(c3cccc4nc(-c5ccc(C(C)(C)C)cc5)sc34)CC2)c1C. The van der Waals surface area contributed by atoms with Gasteiger partial charge in [0.2, 0.25) is 0 Å². The van der Waals surface area contributed by atoms with E-state index in [4.69, 9.17) is 4.98 Å². The summed E-state index contributed by atoms with van der Waals surface area (Å²) in [7, 11) is 0. The molecule has 0 radical (unpaired) electrons. The average Bonchev–Trinajstić information content (AvgIpc) is 3.42. The van der Waals surface area contributed by atoms with Crippen LogP contribution in [0, 0.1) is 6.92 Å². The standard InChI is InChI=1S/C28H35N5S/c1-6-32-19-29-24(20(32)2)18-31-14-16-33(17-15-31)25-9-7-8-23-26(25)34-27(30-23)21-10-12-22(13-11-21)28(3,4)5/h7-13,19H,6,14-18H2,1-5H3. The highest BCUT2D eigenvalue weighted by molar-refractivity contribution is 7.22. The van der Waals surface area contributed by atoms with E-state index in [9.17, 15) is 0 Å². The summed E-state index contributed by atoms with van der Waals surface area (Å²) in [5.74, 6) is 0. The van der Waals surface area contributed by atoms with E-state index in [0.717, 1.165) is 49.8 Å². The van der Waals surface area contributed by atoms with Gasteiger partial charge < -0.3 is 9.47 Å². The van der Waals surface area contributed by atoms with Crippen molar-refractivity contribution in [3.63, 3.8) is 0 Å². The number of aromatic nitrogens is 3. The van der Waals surface area contributed by atoms with Crippen molar-refractivity contribution in [2.75, 3.05) is 31.1 Å². The molecule has 5 rings (SSSR count). The van der Waals surface area contributed by atoms with E-state index in [0.29, 0.717) is 0 Å². The molecule has 0 saturated carbocycles. The molecule has 0 aliphatic carbocycles. The third kappa shape index (κ3) is 4.49. The van der Waals surface area contributed by atoms with Gasteiger partial charge in [0.15, 0.2) is 0 Å². The molecule has 0 spiro atoms. The molecule has 1 aliphatic heterocycles. The van der Waals surface area contributed by atoms with Crippen LogP contribution in [0.2, 0.25) is 0 Å². The lowest BCUT2D eigenvalue weighted by molar-refractivity contribution is 0.247. The van der Waals surface area contributed by atoms with Crippen molar-refractivity contribution < 1.29 is 0 Å². The number of hydrogen-bond acceptors (Lipinski definition) is 5. The Bertz CT molecular complexity index is 1270. The topological polar surface area (TPSA) is 37.2 Å². The summed E-state index contributed by atoms with van der Waals surface area (Å²) >= 11 is 1.82. The molecule has 1 aliphatic rings. The second-order valence-corrected chi connectivity index (χ2v) is 11.3. The van der Waals surface area contributed by atoms with E-state index in [-0.39, 0.29) is 5.41 Å². The Balaban J connectivity index is 1.32. The zero-order valence-electron chi connectivity index (χ0n) is 21.0. The van der Waals surface area contributed by atoms with Crippen LogP contribution in [-0.2, 0) is 18.5 Å². The Kier molecular flexibility index (Phi) is 6.21. The Morgan fingerprint density at radius 1 is 0.971 bits per heavy atom. The molecule has 178 valence electrons. The number of thiazole rings is 1. The zero-order valence-corrected chi connectivity index (χ0v) is 21.8. The average molecular weight is 474 g/mol. The smallest absolute Gasteiger partial charge is 0.124 e. The Morgan fingerprint density at radius 2 is 1.71 bits per heavy atom. The van der Waals surface area contributed by atoms with Crippen LogP contribution in [0.4, 0.5) is 5.69 Å². The van der Waals surface area contributed by atoms with Gasteiger partial charge in [0.05, 0.1) is 27.9 Å². The van der Waals surface area contributed by atoms with Gasteiger partial charge in [-0.15, -0.1) is 11.3 Å². The summed E-state index contributed by atoms with van der Waals surface area (Å²) in [6, 6.07) is 15.5. The van der Waals surface area contributed by atoms with Crippen LogP contribution < -0.4 is 4.90 Å². The third-order valence-electron chi connectivity index (χ3n) is 7.02. The molecular weight excluding hydrogens is 438 g/mol. The van der Waals surface area contributed by atoms with Gasteiger partial charge in [-0.05, 0) is 37.0 Å². The Morgan fingerprint density at radius 3 is 2.35 bits per heavy atom. The lowest BCUT2D eigenvalue weighted by Crippen LogP contribution is -2.46. The minimum absolute atomic E-state index is 0.163. The zero-order chi connectivity index (χ0) is 23.9. The third-order valence-corrected chi connectivity index (χ3v) is 8.16. The van der Waals surface area contributed by atoms with E-state index in [1.807, 2.05) is 17.7 Å². The van der Waals surface area contributed by atoms with Gasteiger partial charge in [-0.3, -0.25) is 4.90 Å². The first-order valence-corrected chi connectivity index (χ1v) is 13.1. The number of aryl methyl sites for hydroxylation is 1. The molecule has 1 fully saturated rings. The molecule has 2 aromatic heterocycles. The molecule has 0 bridgehead atoms. The number of imidazole rings is 1. The fourth-order valence-electron chi connectivity index (χ4n) is 4.74. The summed E-state index contributed by atoms with van der Waals surface area (Å²) in [4.78, 5) is 14.7. The van der Waals surface area contributed by atoms with Crippen molar-refractivity contribution in [2.24, 2.45) is 0 Å². The highest BCUT2D eigenvalue weighted by Crippen LogP contribution is 2.37. The predicted molar refractivity (Wildman–Crippen MR) is 144 cm³/mol. The summed E-state index contributed by atoms with van der Waals surface area (Å²) < 4.78 is 3.52. The number of anilines is 1. The quantitative estimate of drug-likeness (QED) is 0.351. The number of hydrogen-bond donors (Lipinski definition) is 0. The largest absolute Gasteiger partial charge is 0.368 e. The van der Waals surface area contributed by atoms with Crippen molar-refractivity contribution in [1.29, 1.82) is 0 Å². The summed E-state index contributed by atoms with van der Waals surface area (Å²) in [6.07, 6.45) is 1.97. The lowest BCUT2D eigenvalue weighted by atomic mass is 9.87. The van der Waals surface area contributed by atoms with Gasteiger partial charge >= 0.3 is 0 Å². The van der Waals surface area contributed by atoms with E-state index < -0.39 is 0 Å². The summed E-state index contributed by atoms with van der Waals surface area (Å²) in [5.41, 5.74) is 7.64. The number of nitrogens with zero attached hydrogens (tertiary/aromatic N) is 5. The molecule has 0 amide bonds. The van der Waals surface area contributed by atoms with Crippen molar-refractivity contribution >= 4 is 27.2 Å². The molecule has 0 atom stereocenters. The van der Waals surface area contributed by atoms with Crippen molar-refractivity contribution in [3.05, 3.63) is 65.7 Å². The van der Waals surface area contributed by atoms with Gasteiger partial charge in [-0.25, -0.2) is 9.97 Å². The van der Waals surface area contributed by atoms with Crippen LogP contribution in [0.1, 0.15) is 44.6 Å². The second kappa shape index (κ2) is 9.16. The maximum atomic E-state index is 4.99. The predicted octanol–water partition coefficient (Wildman–Crippen LogP) is 6.11. The highest BCUT2D eigenvalue weighted by Gasteiger charge is 2.22. The molecule has 0 unspecified atom stereocenters. The summed E-state index contributed by atoms with van der Waals surface area (Å²) in [5, 5.41) is 1.10. The normalized spacial score (nSPS) is 15.4. The lowest BCUT2D eigenvalue weighted by Gasteiger charge is -2.36. The minimum atomic E-state index is 0.163. The maximum Gasteiger partial charge on any atom is 0.124 e. The Hall–Kier alpha value is -2.70. The molecule has 4 aromatic rings. The molecule has 6 heteroatoms. The number of fused-ring (bicyclic) bond motifs is 1. The number of rotatable bonds is 5.